The van der Waals surface area contributed by atoms with Crippen LogP contribution < -0.4 is 9.46 Å². The molecule has 0 saturated heterocycles. The summed E-state index contributed by atoms with van der Waals surface area (Å²) >= 11 is 0. The quantitative estimate of drug-likeness (QED) is 0.434. The van der Waals surface area contributed by atoms with E-state index in [1.54, 1.807) is 48.5 Å². The number of hydrogen-bond acceptors (Lipinski definition) is 6. The second kappa shape index (κ2) is 8.56. The third kappa shape index (κ3) is 4.78. The van der Waals surface area contributed by atoms with E-state index in [1.807, 2.05) is 6.07 Å². The molecule has 0 spiro atoms. The van der Waals surface area contributed by atoms with E-state index in [4.69, 9.17) is 4.74 Å². The molecule has 30 heavy (non-hydrogen) atoms. The van der Waals surface area contributed by atoms with Crippen LogP contribution in [0.2, 0.25) is 0 Å². The Hall–Kier alpha value is -3.37. The molecule has 1 N–H and O–H groups in total. The molecular weight excluding hydrogens is 409 g/mol. The van der Waals surface area contributed by atoms with Crippen LogP contribution in [0.5, 0.6) is 5.88 Å². The Morgan fingerprint density at radius 3 is 2.50 bits per heavy atom. The van der Waals surface area contributed by atoms with E-state index in [2.05, 4.69) is 20.0 Å². The molecule has 0 aliphatic rings. The summed E-state index contributed by atoms with van der Waals surface area (Å²) < 4.78 is 47.0. The van der Waals surface area contributed by atoms with Crippen LogP contribution in [0, 0.1) is 5.82 Å². The molecule has 0 saturated carbocycles. The summed E-state index contributed by atoms with van der Waals surface area (Å²) in [6, 6.07) is 18.1. The van der Waals surface area contributed by atoms with Crippen molar-refractivity contribution in [3.8, 4) is 17.3 Å². The molecular formula is C20H18FN5O3S. The smallest absolute Gasteiger partial charge is 0.231 e. The molecule has 4 aromatic rings. The van der Waals surface area contributed by atoms with Gasteiger partial charge in [-0.15, -0.1) is 15.3 Å². The van der Waals surface area contributed by atoms with Gasteiger partial charge in [-0.3, -0.25) is 0 Å². The lowest BCUT2D eigenvalue weighted by atomic mass is 10.2. The van der Waals surface area contributed by atoms with E-state index in [-0.39, 0.29) is 30.6 Å². The molecule has 0 atom stereocenters. The Morgan fingerprint density at radius 1 is 0.967 bits per heavy atom. The van der Waals surface area contributed by atoms with Crippen molar-refractivity contribution in [2.75, 3.05) is 13.2 Å². The first-order chi connectivity index (χ1) is 14.5. The van der Waals surface area contributed by atoms with Crippen molar-refractivity contribution >= 4 is 15.7 Å². The van der Waals surface area contributed by atoms with E-state index in [1.165, 1.54) is 16.6 Å². The van der Waals surface area contributed by atoms with Gasteiger partial charge in [0.25, 0.3) is 0 Å². The number of sulfonamides is 1. The topological polar surface area (TPSA) is 98.5 Å². The lowest BCUT2D eigenvalue weighted by Crippen LogP contribution is -2.29. The number of hydrogen-bond donors (Lipinski definition) is 1. The Bertz CT molecular complexity index is 1240. The summed E-state index contributed by atoms with van der Waals surface area (Å²) in [7, 11) is -3.47. The van der Waals surface area contributed by atoms with Gasteiger partial charge in [-0.2, -0.15) is 4.52 Å². The number of aromatic nitrogens is 4. The van der Waals surface area contributed by atoms with Gasteiger partial charge in [-0.25, -0.2) is 17.5 Å². The van der Waals surface area contributed by atoms with Crippen LogP contribution in [0.1, 0.15) is 5.56 Å². The number of rotatable bonds is 8. The molecule has 0 amide bonds. The van der Waals surface area contributed by atoms with Crippen molar-refractivity contribution in [3.05, 3.63) is 78.1 Å². The maximum Gasteiger partial charge on any atom is 0.231 e. The maximum atomic E-state index is 13.2. The van der Waals surface area contributed by atoms with Gasteiger partial charge in [0.2, 0.25) is 15.9 Å². The largest absolute Gasteiger partial charge is 0.475 e. The molecule has 0 aliphatic heterocycles. The average Bonchev–Trinajstić information content (AvgIpc) is 3.15. The van der Waals surface area contributed by atoms with Crippen LogP contribution in [0.15, 0.2) is 66.7 Å². The van der Waals surface area contributed by atoms with Crippen molar-refractivity contribution in [1.29, 1.82) is 0 Å². The first-order valence-electron chi connectivity index (χ1n) is 9.13. The molecule has 0 aliphatic carbocycles. The molecule has 0 unspecified atom stereocenters. The fraction of sp³-hybridized carbons (Fsp3) is 0.150. The minimum atomic E-state index is -3.47. The predicted octanol–water partition coefficient (Wildman–Crippen LogP) is 2.43. The van der Waals surface area contributed by atoms with E-state index >= 15 is 0 Å². The maximum absolute atomic E-state index is 13.2. The molecule has 2 aromatic carbocycles. The first-order valence-corrected chi connectivity index (χ1v) is 10.8. The SMILES string of the molecule is O=S(=O)(Cc1ccccc1)NCCOc1ccc2nnc(-c3ccc(F)cc3)n2n1. The number of nitrogens with one attached hydrogen (secondary N) is 1. The van der Waals surface area contributed by atoms with Gasteiger partial charge in [0.1, 0.15) is 12.4 Å². The van der Waals surface area contributed by atoms with Gasteiger partial charge in [0.05, 0.1) is 5.75 Å². The second-order valence-electron chi connectivity index (χ2n) is 6.46. The zero-order chi connectivity index (χ0) is 21.0. The summed E-state index contributed by atoms with van der Waals surface area (Å²) in [6.45, 7) is 0.197. The van der Waals surface area contributed by atoms with Gasteiger partial charge < -0.3 is 4.74 Å². The lowest BCUT2D eigenvalue weighted by Gasteiger charge is -2.08. The second-order valence-corrected chi connectivity index (χ2v) is 8.27. The number of nitrogens with zero attached hydrogens (tertiary/aromatic N) is 4. The molecule has 8 nitrogen and oxygen atoms in total. The Balaban J connectivity index is 1.38. The summed E-state index contributed by atoms with van der Waals surface area (Å²) in [5, 5.41) is 12.5. The lowest BCUT2D eigenvalue weighted by molar-refractivity contribution is 0.306. The summed E-state index contributed by atoms with van der Waals surface area (Å²) in [6.07, 6.45) is 0. The van der Waals surface area contributed by atoms with Crippen molar-refractivity contribution in [1.82, 2.24) is 24.5 Å². The standard InChI is InChI=1S/C20H18FN5O3S/c21-17-8-6-16(7-9-17)20-24-23-18-10-11-19(25-26(18)20)29-13-12-22-30(27,28)14-15-4-2-1-3-5-15/h1-11,22H,12-14H2. The van der Waals surface area contributed by atoms with E-state index < -0.39 is 10.0 Å². The Morgan fingerprint density at radius 2 is 1.73 bits per heavy atom. The van der Waals surface area contributed by atoms with Crippen LogP contribution in [0.3, 0.4) is 0 Å². The Labute approximate surface area is 172 Å². The van der Waals surface area contributed by atoms with Crippen LogP contribution in [0.4, 0.5) is 4.39 Å². The van der Waals surface area contributed by atoms with Gasteiger partial charge in [0.15, 0.2) is 11.5 Å². The number of halogens is 1. The van der Waals surface area contributed by atoms with Crippen LogP contribution >= 0.6 is 0 Å². The number of fused-ring (bicyclic) bond motifs is 1. The van der Waals surface area contributed by atoms with Crippen LogP contribution in [0.25, 0.3) is 17.0 Å². The average molecular weight is 427 g/mol. The van der Waals surface area contributed by atoms with E-state index in [0.29, 0.717) is 22.6 Å². The summed E-state index contributed by atoms with van der Waals surface area (Å²) in [4.78, 5) is 0. The summed E-state index contributed by atoms with van der Waals surface area (Å²) in [5.41, 5.74) is 1.87. The third-order valence-corrected chi connectivity index (χ3v) is 5.57. The molecule has 0 radical (unpaired) electrons. The van der Waals surface area contributed by atoms with E-state index in [9.17, 15) is 12.8 Å². The van der Waals surface area contributed by atoms with E-state index in [0.717, 1.165) is 0 Å². The van der Waals surface area contributed by atoms with Crippen molar-refractivity contribution in [2.24, 2.45) is 0 Å². The fourth-order valence-electron chi connectivity index (χ4n) is 2.83. The Kier molecular flexibility index (Phi) is 5.68. The third-order valence-electron chi connectivity index (χ3n) is 4.21. The molecule has 10 heteroatoms. The minimum absolute atomic E-state index is 0.0974. The normalized spacial score (nSPS) is 11.6. The molecule has 154 valence electrons. The summed E-state index contributed by atoms with van der Waals surface area (Å²) in [5.74, 6) is 0.283. The number of benzene rings is 2. The molecule has 2 aromatic heterocycles. The van der Waals surface area contributed by atoms with Gasteiger partial charge in [-0.05, 0) is 35.9 Å². The zero-order valence-corrected chi connectivity index (χ0v) is 16.6. The highest BCUT2D eigenvalue weighted by Gasteiger charge is 2.12. The first kappa shape index (κ1) is 19.9. The van der Waals surface area contributed by atoms with Gasteiger partial charge in [-0.1, -0.05) is 30.3 Å². The minimum Gasteiger partial charge on any atom is -0.475 e. The van der Waals surface area contributed by atoms with Gasteiger partial charge >= 0.3 is 0 Å². The molecule has 0 bridgehead atoms. The molecule has 4 rings (SSSR count). The zero-order valence-electron chi connectivity index (χ0n) is 15.8. The van der Waals surface area contributed by atoms with Crippen LogP contribution in [-0.4, -0.2) is 41.4 Å². The highest BCUT2D eigenvalue weighted by atomic mass is 32.2. The van der Waals surface area contributed by atoms with Crippen molar-refractivity contribution in [3.63, 3.8) is 0 Å². The fourth-order valence-corrected chi connectivity index (χ4v) is 3.95. The predicted molar refractivity (Wildman–Crippen MR) is 109 cm³/mol. The highest BCUT2D eigenvalue weighted by Crippen LogP contribution is 2.19. The van der Waals surface area contributed by atoms with Crippen molar-refractivity contribution < 1.29 is 17.5 Å². The van der Waals surface area contributed by atoms with Crippen molar-refractivity contribution in [2.45, 2.75) is 5.75 Å². The highest BCUT2D eigenvalue weighted by molar-refractivity contribution is 7.88. The monoisotopic (exact) mass is 427 g/mol. The van der Waals surface area contributed by atoms with Gasteiger partial charge in [0, 0.05) is 18.2 Å². The molecule has 2 heterocycles. The van der Waals surface area contributed by atoms with Crippen LogP contribution in [-0.2, 0) is 15.8 Å². The number of ether oxygens (including phenoxy) is 1. The molecule has 0 fully saturated rings.